The number of rotatable bonds is 5. The molecule has 1 N–H and O–H groups in total. The van der Waals surface area contributed by atoms with E-state index < -0.39 is 5.82 Å². The molecule has 4 nitrogen and oxygen atoms in total. The summed E-state index contributed by atoms with van der Waals surface area (Å²) in [6, 6.07) is 3.30. The maximum atomic E-state index is 13.9. The van der Waals surface area contributed by atoms with Crippen molar-refractivity contribution in [3.8, 4) is 0 Å². The second-order valence-corrected chi connectivity index (χ2v) is 6.84. The van der Waals surface area contributed by atoms with Gasteiger partial charge in [-0.3, -0.25) is 4.68 Å². The van der Waals surface area contributed by atoms with Crippen molar-refractivity contribution in [2.45, 2.75) is 39.3 Å². The molecule has 2 aromatic rings. The van der Waals surface area contributed by atoms with E-state index in [1.165, 1.54) is 12.1 Å². The number of aryl methyl sites for hydroxylation is 2. The Balaban J connectivity index is 1.71. The van der Waals surface area contributed by atoms with Crippen LogP contribution in [0.15, 0.2) is 18.2 Å². The minimum Gasteiger partial charge on any atom is -0.373 e. The van der Waals surface area contributed by atoms with Crippen LogP contribution in [0.25, 0.3) is 0 Å². The number of hydrogen-bond acceptors (Lipinski definition) is 3. The molecule has 6 heteroatoms. The molecule has 0 spiro atoms. The fourth-order valence-electron chi connectivity index (χ4n) is 3.65. The summed E-state index contributed by atoms with van der Waals surface area (Å²) in [6.45, 7) is 7.28. The van der Waals surface area contributed by atoms with Gasteiger partial charge in [0.15, 0.2) is 0 Å². The van der Waals surface area contributed by atoms with Gasteiger partial charge in [0.2, 0.25) is 0 Å². The zero-order chi connectivity index (χ0) is 18.1. The van der Waals surface area contributed by atoms with Crippen LogP contribution in [0.1, 0.15) is 48.0 Å². The van der Waals surface area contributed by atoms with Crippen LogP contribution in [0.3, 0.4) is 0 Å². The van der Waals surface area contributed by atoms with Crippen molar-refractivity contribution >= 4 is 0 Å². The quantitative estimate of drug-likeness (QED) is 0.894. The summed E-state index contributed by atoms with van der Waals surface area (Å²) < 4.78 is 35.2. The largest absolute Gasteiger partial charge is 0.373 e. The summed E-state index contributed by atoms with van der Waals surface area (Å²) in [5.41, 5.74) is 3.60. The van der Waals surface area contributed by atoms with E-state index in [1.54, 1.807) is 0 Å². The van der Waals surface area contributed by atoms with Crippen LogP contribution in [0.5, 0.6) is 0 Å². The van der Waals surface area contributed by atoms with Gasteiger partial charge >= 0.3 is 0 Å². The van der Waals surface area contributed by atoms with E-state index in [0.29, 0.717) is 18.7 Å². The smallest absolute Gasteiger partial charge is 0.128 e. The highest BCUT2D eigenvalue weighted by Crippen LogP contribution is 2.37. The summed E-state index contributed by atoms with van der Waals surface area (Å²) >= 11 is 0. The van der Waals surface area contributed by atoms with Gasteiger partial charge in [0.1, 0.15) is 11.6 Å². The molecule has 1 fully saturated rings. The average Bonchev–Trinajstić information content (AvgIpc) is 3.12. The lowest BCUT2D eigenvalue weighted by molar-refractivity contribution is 0.0888. The third-order valence-corrected chi connectivity index (χ3v) is 5.17. The summed E-state index contributed by atoms with van der Waals surface area (Å²) in [7, 11) is 1.93. The van der Waals surface area contributed by atoms with Crippen molar-refractivity contribution in [3.05, 3.63) is 52.3 Å². The highest BCUT2D eigenvalue weighted by atomic mass is 19.1. The molecule has 1 aliphatic heterocycles. The number of benzene rings is 1. The Morgan fingerprint density at radius 2 is 2.12 bits per heavy atom. The Kier molecular flexibility index (Phi) is 5.20. The zero-order valence-corrected chi connectivity index (χ0v) is 15.1. The average molecular weight is 349 g/mol. The van der Waals surface area contributed by atoms with Crippen LogP contribution in [-0.4, -0.2) is 22.9 Å². The molecule has 3 rings (SSSR count). The van der Waals surface area contributed by atoms with Crippen LogP contribution < -0.4 is 5.32 Å². The molecule has 1 saturated heterocycles. The molecule has 136 valence electrons. The molecule has 1 aromatic carbocycles. The van der Waals surface area contributed by atoms with Gasteiger partial charge in [0.05, 0.1) is 11.8 Å². The van der Waals surface area contributed by atoms with E-state index in [4.69, 9.17) is 4.74 Å². The molecule has 0 amide bonds. The fraction of sp³-hybridized carbons (Fsp3) is 0.526. The number of halogens is 2. The molecule has 0 aliphatic carbocycles. The fourth-order valence-corrected chi connectivity index (χ4v) is 3.65. The second-order valence-electron chi connectivity index (χ2n) is 6.84. The third kappa shape index (κ3) is 3.60. The van der Waals surface area contributed by atoms with E-state index in [9.17, 15) is 8.78 Å². The van der Waals surface area contributed by atoms with Crippen molar-refractivity contribution in [1.29, 1.82) is 0 Å². The molecule has 1 aromatic heterocycles. The van der Waals surface area contributed by atoms with E-state index in [2.05, 4.69) is 10.4 Å². The first-order valence-corrected chi connectivity index (χ1v) is 8.68. The van der Waals surface area contributed by atoms with Gasteiger partial charge in [-0.15, -0.1) is 0 Å². The van der Waals surface area contributed by atoms with Crippen molar-refractivity contribution < 1.29 is 13.5 Å². The predicted molar refractivity (Wildman–Crippen MR) is 92.3 cm³/mol. The minimum absolute atomic E-state index is 0.00856. The molecule has 0 radical (unpaired) electrons. The van der Waals surface area contributed by atoms with Crippen LogP contribution in [-0.2, 0) is 11.8 Å². The van der Waals surface area contributed by atoms with E-state index in [0.717, 1.165) is 29.4 Å². The SMILES string of the molecule is Cc1nn(C)c(C)c1[C@@H]1OCC[C@H]1CN[C@H](C)c1cc(F)ccc1F. The topological polar surface area (TPSA) is 39.1 Å². The molecule has 25 heavy (non-hydrogen) atoms. The number of ether oxygens (including phenoxy) is 1. The number of hydrogen-bond donors (Lipinski definition) is 1. The first kappa shape index (κ1) is 18.0. The van der Waals surface area contributed by atoms with Gasteiger partial charge in [-0.1, -0.05) is 0 Å². The van der Waals surface area contributed by atoms with Crippen molar-refractivity contribution in [1.82, 2.24) is 15.1 Å². The molecular formula is C19H25F2N3O. The molecule has 0 unspecified atom stereocenters. The van der Waals surface area contributed by atoms with Crippen molar-refractivity contribution in [2.24, 2.45) is 13.0 Å². The summed E-state index contributed by atoms with van der Waals surface area (Å²) in [5.74, 6) is -0.533. The molecule has 0 saturated carbocycles. The summed E-state index contributed by atoms with van der Waals surface area (Å²) in [4.78, 5) is 0. The van der Waals surface area contributed by atoms with Crippen LogP contribution in [0, 0.1) is 31.4 Å². The Bertz CT molecular complexity index is 759. The molecule has 0 bridgehead atoms. The molecule has 2 heterocycles. The van der Waals surface area contributed by atoms with E-state index >= 15 is 0 Å². The van der Waals surface area contributed by atoms with E-state index in [-0.39, 0.29) is 23.9 Å². The lowest BCUT2D eigenvalue weighted by atomic mass is 9.93. The van der Waals surface area contributed by atoms with Gasteiger partial charge in [-0.2, -0.15) is 5.10 Å². The number of nitrogens with zero attached hydrogens (tertiary/aromatic N) is 2. The van der Waals surface area contributed by atoms with Gasteiger partial charge < -0.3 is 10.1 Å². The molecular weight excluding hydrogens is 324 g/mol. The highest BCUT2D eigenvalue weighted by molar-refractivity contribution is 5.28. The van der Waals surface area contributed by atoms with Crippen LogP contribution >= 0.6 is 0 Å². The molecule has 3 atom stereocenters. The Morgan fingerprint density at radius 3 is 2.80 bits per heavy atom. The Morgan fingerprint density at radius 1 is 1.36 bits per heavy atom. The van der Waals surface area contributed by atoms with Crippen molar-refractivity contribution in [3.63, 3.8) is 0 Å². The third-order valence-electron chi connectivity index (χ3n) is 5.17. The normalized spacial score (nSPS) is 21.7. The van der Waals surface area contributed by atoms with Gasteiger partial charge in [0, 0.05) is 49.0 Å². The Labute approximate surface area is 147 Å². The monoisotopic (exact) mass is 349 g/mol. The van der Waals surface area contributed by atoms with Crippen LogP contribution in [0.4, 0.5) is 8.78 Å². The second kappa shape index (κ2) is 7.22. The van der Waals surface area contributed by atoms with Gasteiger partial charge in [0.25, 0.3) is 0 Å². The number of aromatic nitrogens is 2. The lowest BCUT2D eigenvalue weighted by Crippen LogP contribution is -2.28. The lowest BCUT2D eigenvalue weighted by Gasteiger charge is -2.22. The summed E-state index contributed by atoms with van der Waals surface area (Å²) in [5, 5.41) is 7.82. The van der Waals surface area contributed by atoms with Crippen molar-refractivity contribution in [2.75, 3.05) is 13.2 Å². The zero-order valence-electron chi connectivity index (χ0n) is 15.1. The highest BCUT2D eigenvalue weighted by Gasteiger charge is 2.33. The molecule has 1 aliphatic rings. The maximum Gasteiger partial charge on any atom is 0.128 e. The van der Waals surface area contributed by atoms with E-state index in [1.807, 2.05) is 32.5 Å². The first-order valence-electron chi connectivity index (χ1n) is 8.68. The minimum atomic E-state index is -0.422. The first-order chi connectivity index (χ1) is 11.9. The predicted octanol–water partition coefficient (Wildman–Crippen LogP) is 3.74. The maximum absolute atomic E-state index is 13.9. The van der Waals surface area contributed by atoms with Crippen LogP contribution in [0.2, 0.25) is 0 Å². The summed E-state index contributed by atoms with van der Waals surface area (Å²) in [6.07, 6.45) is 0.926. The van der Waals surface area contributed by atoms with Gasteiger partial charge in [-0.25, -0.2) is 8.78 Å². The van der Waals surface area contributed by atoms with Gasteiger partial charge in [-0.05, 0) is 45.4 Å². The number of nitrogens with one attached hydrogen (secondary N) is 1. The Hall–Kier alpha value is -1.79. The standard InChI is InChI=1S/C19H25F2N3O/c1-11(16-9-15(20)5-6-17(16)21)22-10-14-7-8-25-19(14)18-12(2)23-24(4)13(18)3/h5-6,9,11,14,19,22H,7-8,10H2,1-4H3/t11-,14+,19-/m1/s1.